The average Bonchev–Trinajstić information content (AvgIpc) is 2.80. The van der Waals surface area contributed by atoms with Gasteiger partial charge in [0.15, 0.2) is 5.82 Å². The molecule has 3 N–H and O–H groups in total. The molecule has 2 aromatic heterocycles. The van der Waals surface area contributed by atoms with Gasteiger partial charge in [0.2, 0.25) is 0 Å². The number of halogens is 2. The molecule has 3 rings (SSSR count). The van der Waals surface area contributed by atoms with Crippen molar-refractivity contribution in [3.8, 4) is 0 Å². The number of aliphatic hydroxyl groups is 1. The molecule has 3 heterocycles. The van der Waals surface area contributed by atoms with Gasteiger partial charge in [-0.3, -0.25) is 9.78 Å². The molecular formula is C23H28ClFN4O5. The highest BCUT2D eigenvalue weighted by molar-refractivity contribution is 6.33. The zero-order chi connectivity index (χ0) is 24.7. The number of hydroxylamine groups is 2. The normalized spacial score (nSPS) is 14.7. The highest BCUT2D eigenvalue weighted by atomic mass is 35.5. The summed E-state index contributed by atoms with van der Waals surface area (Å²) in [5, 5.41) is 23.0. The third-order valence-corrected chi connectivity index (χ3v) is 5.92. The van der Waals surface area contributed by atoms with Gasteiger partial charge in [0.25, 0.3) is 0 Å². The maximum absolute atomic E-state index is 14.1. The Bertz CT molecular complexity index is 1000. The zero-order valence-electron chi connectivity index (χ0n) is 18.8. The summed E-state index contributed by atoms with van der Waals surface area (Å²) in [6.45, 7) is 2.39. The number of nitrogens with one attached hydrogen (secondary N) is 1. The van der Waals surface area contributed by atoms with Gasteiger partial charge in [0.1, 0.15) is 17.4 Å². The number of aryl methyl sites for hydroxylation is 2. The standard InChI is InChI=1S/C23H28ClFN4O5/c1-14(4-6-16-7-5-15-3-2-9-27-21(15)28-16)13-29(19(8-10-30)22(31)32)34-23(33)20-17(24)11-26-12-18(20)25/h5,7,11-12,14,19,30H,2-4,6,8-10,13H2,1H3,(H,27,28)(H,31,32)/t14?,19-/m0/s1. The molecular weight excluding hydrogens is 467 g/mol. The minimum Gasteiger partial charge on any atom is -0.480 e. The van der Waals surface area contributed by atoms with E-state index in [4.69, 9.17) is 16.4 Å². The summed E-state index contributed by atoms with van der Waals surface area (Å²) < 4.78 is 14.1. The molecule has 1 unspecified atom stereocenters. The summed E-state index contributed by atoms with van der Waals surface area (Å²) in [7, 11) is 0. The molecule has 0 fully saturated rings. The lowest BCUT2D eigenvalue weighted by Gasteiger charge is -2.29. The van der Waals surface area contributed by atoms with Crippen molar-refractivity contribution in [2.75, 3.05) is 25.0 Å². The maximum atomic E-state index is 14.1. The topological polar surface area (TPSA) is 125 Å². The van der Waals surface area contributed by atoms with E-state index in [2.05, 4.69) is 21.4 Å². The van der Waals surface area contributed by atoms with E-state index in [1.807, 2.05) is 13.0 Å². The van der Waals surface area contributed by atoms with Gasteiger partial charge in [0, 0.05) is 31.6 Å². The first-order valence-electron chi connectivity index (χ1n) is 11.1. The van der Waals surface area contributed by atoms with Gasteiger partial charge in [0.05, 0.1) is 11.2 Å². The molecule has 0 saturated heterocycles. The van der Waals surface area contributed by atoms with E-state index in [-0.39, 0.29) is 23.9 Å². The predicted octanol–water partition coefficient (Wildman–Crippen LogP) is 3.11. The molecule has 0 aliphatic carbocycles. The van der Waals surface area contributed by atoms with E-state index in [9.17, 15) is 24.2 Å². The van der Waals surface area contributed by atoms with Crippen LogP contribution in [-0.2, 0) is 22.5 Å². The van der Waals surface area contributed by atoms with Gasteiger partial charge in [-0.15, -0.1) is 5.06 Å². The van der Waals surface area contributed by atoms with Crippen LogP contribution in [0.15, 0.2) is 24.5 Å². The smallest absolute Gasteiger partial charge is 0.361 e. The van der Waals surface area contributed by atoms with Crippen LogP contribution in [0.25, 0.3) is 0 Å². The van der Waals surface area contributed by atoms with Crippen LogP contribution in [0.2, 0.25) is 5.02 Å². The first kappa shape index (κ1) is 25.8. The number of nitrogens with zero attached hydrogens (tertiary/aromatic N) is 3. The SMILES string of the molecule is CC(CCc1ccc2c(n1)NCCC2)CN(OC(=O)c1c(F)cncc1Cl)[C@@H](CCO)C(=O)O. The Hall–Kier alpha value is -2.82. The number of anilines is 1. The molecule has 2 aromatic rings. The van der Waals surface area contributed by atoms with E-state index >= 15 is 0 Å². The van der Waals surface area contributed by atoms with Crippen LogP contribution in [0.3, 0.4) is 0 Å². The zero-order valence-corrected chi connectivity index (χ0v) is 19.6. The summed E-state index contributed by atoms with van der Waals surface area (Å²) in [5.74, 6) is -2.61. The molecule has 1 aliphatic heterocycles. The second-order valence-corrected chi connectivity index (χ2v) is 8.71. The fourth-order valence-electron chi connectivity index (χ4n) is 3.80. The van der Waals surface area contributed by atoms with E-state index in [0.29, 0.717) is 12.8 Å². The number of carboxylic acid groups (broad SMARTS) is 1. The number of carboxylic acids is 1. The van der Waals surface area contributed by atoms with Gasteiger partial charge in [-0.1, -0.05) is 24.6 Å². The van der Waals surface area contributed by atoms with Crippen molar-refractivity contribution in [2.24, 2.45) is 5.92 Å². The highest BCUT2D eigenvalue weighted by Gasteiger charge is 2.31. The number of carbonyl (C=O) groups excluding carboxylic acids is 1. The van der Waals surface area contributed by atoms with Crippen molar-refractivity contribution in [1.82, 2.24) is 15.0 Å². The molecule has 184 valence electrons. The Morgan fingerprint density at radius 3 is 2.82 bits per heavy atom. The molecule has 9 nitrogen and oxygen atoms in total. The Labute approximate surface area is 201 Å². The number of fused-ring (bicyclic) bond motifs is 1. The van der Waals surface area contributed by atoms with Gasteiger partial charge in [-0.05, 0) is 49.7 Å². The monoisotopic (exact) mass is 494 g/mol. The fraction of sp³-hybridized carbons (Fsp3) is 0.478. The largest absolute Gasteiger partial charge is 0.480 e. The van der Waals surface area contributed by atoms with Crippen molar-refractivity contribution >= 4 is 29.4 Å². The van der Waals surface area contributed by atoms with Gasteiger partial charge in [-0.2, -0.15) is 0 Å². The second-order valence-electron chi connectivity index (χ2n) is 8.31. The number of aromatic nitrogens is 2. The lowest BCUT2D eigenvalue weighted by molar-refractivity contribution is -0.176. The van der Waals surface area contributed by atoms with Crippen molar-refractivity contribution < 1.29 is 29.0 Å². The molecule has 0 bridgehead atoms. The molecule has 11 heteroatoms. The summed E-state index contributed by atoms with van der Waals surface area (Å²) in [4.78, 5) is 38.0. The van der Waals surface area contributed by atoms with Crippen molar-refractivity contribution in [1.29, 1.82) is 0 Å². The van der Waals surface area contributed by atoms with E-state index in [1.54, 1.807) is 0 Å². The van der Waals surface area contributed by atoms with Crippen LogP contribution < -0.4 is 5.32 Å². The Morgan fingerprint density at radius 1 is 1.32 bits per heavy atom. The van der Waals surface area contributed by atoms with Crippen molar-refractivity contribution in [3.05, 3.63) is 52.2 Å². The molecule has 0 aromatic carbocycles. The summed E-state index contributed by atoms with van der Waals surface area (Å²) in [5.41, 5.74) is 1.56. The Balaban J connectivity index is 1.70. The molecule has 0 radical (unpaired) electrons. The summed E-state index contributed by atoms with van der Waals surface area (Å²) >= 11 is 5.89. The van der Waals surface area contributed by atoms with Crippen LogP contribution in [-0.4, -0.2) is 62.9 Å². The predicted molar refractivity (Wildman–Crippen MR) is 123 cm³/mol. The van der Waals surface area contributed by atoms with Crippen molar-refractivity contribution in [2.45, 2.75) is 45.1 Å². The van der Waals surface area contributed by atoms with Crippen molar-refractivity contribution in [3.63, 3.8) is 0 Å². The molecule has 0 amide bonds. The second kappa shape index (κ2) is 12.0. The third-order valence-electron chi connectivity index (χ3n) is 5.63. The average molecular weight is 495 g/mol. The molecule has 2 atom stereocenters. The first-order valence-corrected chi connectivity index (χ1v) is 11.5. The van der Waals surface area contributed by atoms with Crippen LogP contribution >= 0.6 is 11.6 Å². The lowest BCUT2D eigenvalue weighted by atomic mass is 10.0. The highest BCUT2D eigenvalue weighted by Crippen LogP contribution is 2.23. The summed E-state index contributed by atoms with van der Waals surface area (Å²) in [6, 6.07) is 2.74. The Morgan fingerprint density at radius 2 is 2.12 bits per heavy atom. The minimum atomic E-state index is -1.31. The van der Waals surface area contributed by atoms with E-state index in [1.165, 1.54) is 5.56 Å². The van der Waals surface area contributed by atoms with Crippen LogP contribution in [0.1, 0.15) is 47.8 Å². The maximum Gasteiger partial charge on any atom is 0.361 e. The molecule has 1 aliphatic rings. The number of hydrogen-bond donors (Lipinski definition) is 3. The number of aliphatic carboxylic acids is 1. The minimum absolute atomic E-state index is 0.0518. The van der Waals surface area contributed by atoms with E-state index < -0.39 is 36.0 Å². The number of carbonyl (C=O) groups is 2. The number of rotatable bonds is 11. The lowest BCUT2D eigenvalue weighted by Crippen LogP contribution is -2.45. The number of hydrogen-bond acceptors (Lipinski definition) is 8. The Kier molecular flexibility index (Phi) is 9.14. The first-order chi connectivity index (χ1) is 16.3. The van der Waals surface area contributed by atoms with Gasteiger partial charge in [-0.25, -0.2) is 14.2 Å². The quantitative estimate of drug-likeness (QED) is 0.404. The molecule has 0 spiro atoms. The number of aliphatic hydroxyl groups excluding tert-OH is 1. The van der Waals surface area contributed by atoms with Crippen LogP contribution in [0.4, 0.5) is 10.2 Å². The van der Waals surface area contributed by atoms with Crippen LogP contribution in [0, 0.1) is 11.7 Å². The summed E-state index contributed by atoms with van der Waals surface area (Å²) in [6.07, 6.45) is 5.08. The molecule has 34 heavy (non-hydrogen) atoms. The third kappa shape index (κ3) is 6.62. The molecule has 0 saturated carbocycles. The van der Waals surface area contributed by atoms with Gasteiger partial charge < -0.3 is 20.4 Å². The fourth-order valence-corrected chi connectivity index (χ4v) is 4.02. The number of pyridine rings is 2. The van der Waals surface area contributed by atoms with Crippen LogP contribution in [0.5, 0.6) is 0 Å². The van der Waals surface area contributed by atoms with E-state index in [0.717, 1.165) is 48.4 Å². The van der Waals surface area contributed by atoms with Gasteiger partial charge >= 0.3 is 11.9 Å².